The lowest BCUT2D eigenvalue weighted by atomic mass is 9.81. The highest BCUT2D eigenvalue weighted by Gasteiger charge is 2.35. The molecule has 0 bridgehead atoms. The van der Waals surface area contributed by atoms with Gasteiger partial charge in [-0.1, -0.05) is 159 Å². The molecule has 0 fully saturated rings. The first-order chi connectivity index (χ1) is 24.4. The summed E-state index contributed by atoms with van der Waals surface area (Å²) < 4.78 is 0. The molecule has 0 nitrogen and oxygen atoms in total. The minimum Gasteiger partial charge on any atom is -0.0619 e. The third-order valence-electron chi connectivity index (χ3n) is 11.3. The van der Waals surface area contributed by atoms with Gasteiger partial charge in [-0.25, -0.2) is 0 Å². The second-order valence-electron chi connectivity index (χ2n) is 14.6. The molecule has 1 aliphatic carbocycles. The van der Waals surface area contributed by atoms with E-state index in [2.05, 4.69) is 185 Å². The fourth-order valence-electron chi connectivity index (χ4n) is 8.74. The molecule has 10 rings (SSSR count). The lowest BCUT2D eigenvalue weighted by Gasteiger charge is -2.22. The number of aryl methyl sites for hydroxylation is 1. The van der Waals surface area contributed by atoms with Crippen LogP contribution in [0.25, 0.3) is 87.6 Å². The summed E-state index contributed by atoms with van der Waals surface area (Å²) in [5.74, 6) is 0. The zero-order chi connectivity index (χ0) is 33.6. The maximum absolute atomic E-state index is 2.45. The van der Waals surface area contributed by atoms with Crippen LogP contribution in [0.5, 0.6) is 0 Å². The van der Waals surface area contributed by atoms with E-state index in [1.165, 1.54) is 104 Å². The Bertz CT molecular complexity index is 2850. The van der Waals surface area contributed by atoms with Crippen molar-refractivity contribution in [2.75, 3.05) is 0 Å². The van der Waals surface area contributed by atoms with Crippen LogP contribution in [0, 0.1) is 6.92 Å². The van der Waals surface area contributed by atoms with Crippen molar-refractivity contribution < 1.29 is 0 Å². The molecule has 50 heavy (non-hydrogen) atoms. The fourth-order valence-corrected chi connectivity index (χ4v) is 8.74. The van der Waals surface area contributed by atoms with Gasteiger partial charge in [0.15, 0.2) is 0 Å². The van der Waals surface area contributed by atoms with Crippen molar-refractivity contribution in [1.29, 1.82) is 0 Å². The van der Waals surface area contributed by atoms with E-state index in [1.54, 1.807) is 0 Å². The van der Waals surface area contributed by atoms with Crippen LogP contribution in [-0.4, -0.2) is 0 Å². The zero-order valence-electron chi connectivity index (χ0n) is 28.6. The molecule has 0 N–H and O–H groups in total. The van der Waals surface area contributed by atoms with E-state index in [0.717, 1.165) is 0 Å². The van der Waals surface area contributed by atoms with Crippen LogP contribution in [0.4, 0.5) is 0 Å². The van der Waals surface area contributed by atoms with E-state index in [9.17, 15) is 0 Å². The van der Waals surface area contributed by atoms with Crippen molar-refractivity contribution in [3.8, 4) is 44.5 Å². The molecule has 0 heteroatoms. The van der Waals surface area contributed by atoms with Crippen molar-refractivity contribution in [2.24, 2.45) is 0 Å². The molecule has 0 aromatic heterocycles. The maximum atomic E-state index is 2.45. The van der Waals surface area contributed by atoms with Crippen molar-refractivity contribution in [3.63, 3.8) is 0 Å². The smallest absolute Gasteiger partial charge is 0.0158 e. The molecule has 0 spiro atoms. The van der Waals surface area contributed by atoms with Crippen LogP contribution in [0.15, 0.2) is 164 Å². The summed E-state index contributed by atoms with van der Waals surface area (Å²) in [4.78, 5) is 0. The first-order valence-corrected chi connectivity index (χ1v) is 17.7. The lowest BCUT2D eigenvalue weighted by molar-refractivity contribution is 0.660. The van der Waals surface area contributed by atoms with Crippen LogP contribution in [-0.2, 0) is 5.41 Å². The van der Waals surface area contributed by atoms with Crippen molar-refractivity contribution in [2.45, 2.75) is 26.2 Å². The molecule has 0 unspecified atom stereocenters. The number of hydrogen-bond acceptors (Lipinski definition) is 0. The Morgan fingerprint density at radius 3 is 1.60 bits per heavy atom. The Morgan fingerprint density at radius 1 is 0.340 bits per heavy atom. The minimum absolute atomic E-state index is 0.0125. The van der Waals surface area contributed by atoms with Gasteiger partial charge >= 0.3 is 0 Å². The number of hydrogen-bond donors (Lipinski definition) is 0. The second-order valence-corrected chi connectivity index (χ2v) is 14.6. The van der Waals surface area contributed by atoms with Crippen molar-refractivity contribution >= 4 is 43.1 Å². The number of benzene rings is 9. The minimum atomic E-state index is -0.0125. The third-order valence-corrected chi connectivity index (χ3v) is 11.3. The van der Waals surface area contributed by atoms with Gasteiger partial charge in [0.25, 0.3) is 0 Å². The molecule has 9 aromatic carbocycles. The van der Waals surface area contributed by atoms with Crippen LogP contribution in [0.1, 0.15) is 30.5 Å². The zero-order valence-corrected chi connectivity index (χ0v) is 28.6. The highest BCUT2D eigenvalue weighted by Crippen LogP contribution is 2.51. The molecule has 0 aliphatic heterocycles. The first kappa shape index (κ1) is 29.0. The Labute approximate surface area is 293 Å². The Morgan fingerprint density at radius 2 is 0.840 bits per heavy atom. The Balaban J connectivity index is 1.16. The molecule has 0 heterocycles. The molecular formula is C50H36. The molecule has 0 radical (unpaired) electrons. The normalized spacial score (nSPS) is 13.3. The van der Waals surface area contributed by atoms with E-state index >= 15 is 0 Å². The van der Waals surface area contributed by atoms with E-state index in [-0.39, 0.29) is 5.41 Å². The summed E-state index contributed by atoms with van der Waals surface area (Å²) in [6.45, 7) is 6.92. The molecule has 0 amide bonds. The summed E-state index contributed by atoms with van der Waals surface area (Å²) in [6.07, 6.45) is 0. The molecule has 9 aromatic rings. The van der Waals surface area contributed by atoms with Gasteiger partial charge in [-0.2, -0.15) is 0 Å². The van der Waals surface area contributed by atoms with Gasteiger partial charge in [-0.05, 0) is 130 Å². The first-order valence-electron chi connectivity index (χ1n) is 17.7. The predicted molar refractivity (Wildman–Crippen MR) is 215 cm³/mol. The summed E-state index contributed by atoms with van der Waals surface area (Å²) in [5.41, 5.74) is 14.4. The molecule has 1 aliphatic rings. The molecule has 0 saturated heterocycles. The Kier molecular flexibility index (Phi) is 6.24. The summed E-state index contributed by atoms with van der Waals surface area (Å²) >= 11 is 0. The number of fused-ring (bicyclic) bond motifs is 7. The monoisotopic (exact) mass is 636 g/mol. The standard InChI is InChI=1S/C50H36/c1-31-16-24-43-45(26-31)49(39-23-25-47-44(30-39)40-12-8-9-15-46(40)50(47,2)3)42-14-7-6-13-41(42)48(43)38-22-21-36-28-35(19-20-37(36)29-38)34-18-17-32-10-4-5-11-33(32)27-34/h4-30H,1-3H3. The van der Waals surface area contributed by atoms with E-state index in [0.29, 0.717) is 0 Å². The van der Waals surface area contributed by atoms with Gasteiger partial charge in [0.1, 0.15) is 0 Å². The van der Waals surface area contributed by atoms with Crippen LogP contribution < -0.4 is 0 Å². The highest BCUT2D eigenvalue weighted by molar-refractivity contribution is 6.22. The SMILES string of the molecule is Cc1ccc2c(-c3ccc4cc(-c5ccc6ccccc6c5)ccc4c3)c3ccccc3c(-c3ccc4c(c3)-c3ccccc3C4(C)C)c2c1. The van der Waals surface area contributed by atoms with Crippen LogP contribution in [0.2, 0.25) is 0 Å². The van der Waals surface area contributed by atoms with Gasteiger partial charge in [0, 0.05) is 5.41 Å². The summed E-state index contributed by atoms with van der Waals surface area (Å²) in [7, 11) is 0. The third kappa shape index (κ3) is 4.31. The fraction of sp³-hybridized carbons (Fsp3) is 0.0800. The summed E-state index contributed by atoms with van der Waals surface area (Å²) in [6, 6.07) is 61.4. The summed E-state index contributed by atoms with van der Waals surface area (Å²) in [5, 5.41) is 10.2. The molecule has 236 valence electrons. The topological polar surface area (TPSA) is 0 Å². The highest BCUT2D eigenvalue weighted by atomic mass is 14.4. The van der Waals surface area contributed by atoms with E-state index < -0.39 is 0 Å². The van der Waals surface area contributed by atoms with Crippen LogP contribution in [0.3, 0.4) is 0 Å². The van der Waals surface area contributed by atoms with Crippen molar-refractivity contribution in [1.82, 2.24) is 0 Å². The second kappa shape index (κ2) is 10.8. The average molecular weight is 637 g/mol. The van der Waals surface area contributed by atoms with Crippen molar-refractivity contribution in [3.05, 3.63) is 180 Å². The molecule has 0 atom stereocenters. The predicted octanol–water partition coefficient (Wildman–Crippen LogP) is 13.9. The molecule has 0 saturated carbocycles. The Hall–Kier alpha value is -5.98. The quantitative estimate of drug-likeness (QED) is 0.169. The van der Waals surface area contributed by atoms with Crippen LogP contribution >= 0.6 is 0 Å². The van der Waals surface area contributed by atoms with E-state index in [4.69, 9.17) is 0 Å². The maximum Gasteiger partial charge on any atom is 0.0158 e. The lowest BCUT2D eigenvalue weighted by Crippen LogP contribution is -2.14. The molecular weight excluding hydrogens is 601 g/mol. The van der Waals surface area contributed by atoms with E-state index in [1.807, 2.05) is 0 Å². The van der Waals surface area contributed by atoms with Gasteiger partial charge < -0.3 is 0 Å². The van der Waals surface area contributed by atoms with Gasteiger partial charge in [-0.15, -0.1) is 0 Å². The largest absolute Gasteiger partial charge is 0.0619 e. The number of rotatable bonds is 3. The van der Waals surface area contributed by atoms with Gasteiger partial charge in [0.05, 0.1) is 0 Å². The van der Waals surface area contributed by atoms with Gasteiger partial charge in [0.2, 0.25) is 0 Å². The van der Waals surface area contributed by atoms with Gasteiger partial charge in [-0.3, -0.25) is 0 Å². The average Bonchev–Trinajstić information content (AvgIpc) is 3.38.